The van der Waals surface area contributed by atoms with Gasteiger partial charge in [0.25, 0.3) is 0 Å². The van der Waals surface area contributed by atoms with Gasteiger partial charge < -0.3 is 0 Å². The fourth-order valence-corrected chi connectivity index (χ4v) is 5.14. The van der Waals surface area contributed by atoms with Crippen LogP contribution in [0.15, 0.2) is 52.3 Å². The molecule has 0 aromatic heterocycles. The topological polar surface area (TPSA) is 51.2 Å². The average molecular weight is 312 g/mol. The van der Waals surface area contributed by atoms with E-state index in [0.717, 1.165) is 12.0 Å². The van der Waals surface area contributed by atoms with Crippen LogP contribution in [0.25, 0.3) is 0 Å². The first-order valence-corrected chi connectivity index (χ1v) is 8.68. The Labute approximate surface area is 131 Å². The lowest BCUT2D eigenvalue weighted by atomic mass is 9.75. The molecular formula is C18H16O3S. The molecule has 3 aliphatic rings. The SMILES string of the molecule is Cc1ccc(S(=O)C2=CC(=O)[C@@H]3[C@H](C2=O)[C@H]2C=C[C@@H]3C2)cc1. The molecule has 1 unspecified atom stereocenters. The van der Waals surface area contributed by atoms with Gasteiger partial charge >= 0.3 is 0 Å². The smallest absolute Gasteiger partial charge is 0.176 e. The molecule has 0 N–H and O–H groups in total. The second-order valence-corrected chi connectivity index (χ2v) is 7.81. The van der Waals surface area contributed by atoms with Gasteiger partial charge in [0.05, 0.1) is 15.7 Å². The molecule has 0 amide bonds. The molecule has 0 heterocycles. The summed E-state index contributed by atoms with van der Waals surface area (Å²) in [6, 6.07) is 7.26. The summed E-state index contributed by atoms with van der Waals surface area (Å²) in [5.74, 6) is -0.308. The largest absolute Gasteiger partial charge is 0.294 e. The molecule has 0 spiro atoms. The van der Waals surface area contributed by atoms with E-state index in [9.17, 15) is 13.8 Å². The van der Waals surface area contributed by atoms with Gasteiger partial charge in [-0.1, -0.05) is 29.8 Å². The molecule has 112 valence electrons. The lowest BCUT2D eigenvalue weighted by Crippen LogP contribution is -2.38. The standard InChI is InChI=1S/C18H16O3S/c1-10-2-6-13(7-3-10)22(21)15-9-14(19)16-11-4-5-12(8-11)17(16)18(15)20/h2-7,9,11-12,16-17H,8H2,1H3/t11-,12+,16-,17-,22?/m1/s1. The second-order valence-electron chi connectivity index (χ2n) is 6.36. The maximum Gasteiger partial charge on any atom is 0.176 e. The molecule has 3 nitrogen and oxygen atoms in total. The van der Waals surface area contributed by atoms with Crippen molar-refractivity contribution >= 4 is 22.4 Å². The zero-order chi connectivity index (χ0) is 15.4. The van der Waals surface area contributed by atoms with Crippen LogP contribution >= 0.6 is 0 Å². The van der Waals surface area contributed by atoms with Crippen LogP contribution in [0.5, 0.6) is 0 Å². The first kappa shape index (κ1) is 13.8. The molecule has 0 radical (unpaired) electrons. The van der Waals surface area contributed by atoms with Crippen molar-refractivity contribution in [1.29, 1.82) is 0 Å². The number of rotatable bonds is 2. The number of Topliss-reactive ketones (excluding diaryl/α,β-unsaturated/α-hetero) is 1. The van der Waals surface area contributed by atoms with E-state index in [1.165, 1.54) is 6.08 Å². The number of fused-ring (bicyclic) bond motifs is 5. The summed E-state index contributed by atoms with van der Waals surface area (Å²) in [4.78, 5) is 25.9. The predicted molar refractivity (Wildman–Crippen MR) is 83.4 cm³/mol. The second kappa shape index (κ2) is 4.85. The van der Waals surface area contributed by atoms with Crippen molar-refractivity contribution in [3.05, 3.63) is 53.0 Å². The first-order valence-electron chi connectivity index (χ1n) is 7.53. The van der Waals surface area contributed by atoms with Gasteiger partial charge in [0, 0.05) is 22.8 Å². The Hall–Kier alpha value is -1.81. The predicted octanol–water partition coefficient (Wildman–Crippen LogP) is 2.58. The Morgan fingerprint density at radius 2 is 1.64 bits per heavy atom. The van der Waals surface area contributed by atoms with Crippen LogP contribution in [-0.2, 0) is 20.4 Å². The van der Waals surface area contributed by atoms with E-state index in [4.69, 9.17) is 0 Å². The monoisotopic (exact) mass is 312 g/mol. The third kappa shape index (κ3) is 1.90. The summed E-state index contributed by atoms with van der Waals surface area (Å²) in [7, 11) is -1.57. The third-order valence-electron chi connectivity index (χ3n) is 5.04. The minimum Gasteiger partial charge on any atom is -0.294 e. The number of carbonyl (C=O) groups excluding carboxylic acids is 2. The molecule has 22 heavy (non-hydrogen) atoms. The summed E-state index contributed by atoms with van der Waals surface area (Å²) in [6.45, 7) is 1.95. The maximum atomic E-state index is 12.8. The van der Waals surface area contributed by atoms with Crippen LogP contribution in [0.1, 0.15) is 12.0 Å². The summed E-state index contributed by atoms with van der Waals surface area (Å²) in [5, 5.41) is 0. The lowest BCUT2D eigenvalue weighted by Gasteiger charge is -2.29. The molecule has 3 aliphatic carbocycles. The molecule has 4 heteroatoms. The van der Waals surface area contributed by atoms with Crippen molar-refractivity contribution < 1.29 is 13.8 Å². The van der Waals surface area contributed by atoms with E-state index in [-0.39, 0.29) is 40.1 Å². The molecule has 0 aliphatic heterocycles. The molecule has 2 bridgehead atoms. The van der Waals surface area contributed by atoms with Crippen molar-refractivity contribution in [2.45, 2.75) is 18.2 Å². The van der Waals surface area contributed by atoms with Crippen LogP contribution in [0.4, 0.5) is 0 Å². The highest BCUT2D eigenvalue weighted by atomic mass is 32.2. The van der Waals surface area contributed by atoms with Crippen LogP contribution in [0.3, 0.4) is 0 Å². The van der Waals surface area contributed by atoms with Gasteiger partial charge in [-0.05, 0) is 37.3 Å². The van der Waals surface area contributed by atoms with Crippen molar-refractivity contribution in [1.82, 2.24) is 0 Å². The van der Waals surface area contributed by atoms with Crippen molar-refractivity contribution in [2.24, 2.45) is 23.7 Å². The molecule has 4 rings (SSSR count). The van der Waals surface area contributed by atoms with Gasteiger partial charge in [-0.25, -0.2) is 4.21 Å². The van der Waals surface area contributed by atoms with E-state index < -0.39 is 10.8 Å². The number of hydrogen-bond acceptors (Lipinski definition) is 3. The number of benzene rings is 1. The zero-order valence-electron chi connectivity index (χ0n) is 12.2. The van der Waals surface area contributed by atoms with Gasteiger partial charge in [-0.2, -0.15) is 0 Å². The molecule has 5 atom stereocenters. The van der Waals surface area contributed by atoms with E-state index in [1.807, 2.05) is 19.1 Å². The minimum atomic E-state index is -1.57. The highest BCUT2D eigenvalue weighted by Crippen LogP contribution is 2.51. The van der Waals surface area contributed by atoms with Gasteiger partial charge in [0.2, 0.25) is 0 Å². The van der Waals surface area contributed by atoms with Crippen molar-refractivity contribution in [3.63, 3.8) is 0 Å². The summed E-state index contributed by atoms with van der Waals surface area (Å²) >= 11 is 0. The van der Waals surface area contributed by atoms with Crippen LogP contribution < -0.4 is 0 Å². The maximum absolute atomic E-state index is 12.8. The van der Waals surface area contributed by atoms with Gasteiger partial charge in [0.1, 0.15) is 0 Å². The quantitative estimate of drug-likeness (QED) is 0.789. The van der Waals surface area contributed by atoms with Crippen molar-refractivity contribution in [3.8, 4) is 0 Å². The molecule has 1 aromatic carbocycles. The van der Waals surface area contributed by atoms with Gasteiger partial charge in [0.15, 0.2) is 11.6 Å². The highest BCUT2D eigenvalue weighted by Gasteiger charge is 2.53. The number of aryl methyl sites for hydroxylation is 1. The van der Waals surface area contributed by atoms with Crippen LogP contribution in [-0.4, -0.2) is 15.8 Å². The molecular weight excluding hydrogens is 296 g/mol. The molecule has 1 fully saturated rings. The Balaban J connectivity index is 1.71. The zero-order valence-corrected chi connectivity index (χ0v) is 13.0. The highest BCUT2D eigenvalue weighted by molar-refractivity contribution is 7.90. The number of allylic oxidation sites excluding steroid dienone is 4. The summed E-state index contributed by atoms with van der Waals surface area (Å²) in [6.07, 6.45) is 6.33. The summed E-state index contributed by atoms with van der Waals surface area (Å²) < 4.78 is 12.7. The first-order chi connectivity index (χ1) is 10.6. The normalized spacial score (nSPS) is 33.8. The third-order valence-corrected chi connectivity index (χ3v) is 6.46. The van der Waals surface area contributed by atoms with Gasteiger partial charge in [-0.15, -0.1) is 0 Å². The van der Waals surface area contributed by atoms with E-state index in [1.54, 1.807) is 12.1 Å². The Morgan fingerprint density at radius 1 is 1.00 bits per heavy atom. The number of carbonyl (C=O) groups is 2. The molecule has 1 aromatic rings. The number of hydrogen-bond donors (Lipinski definition) is 0. The number of ketones is 2. The van der Waals surface area contributed by atoms with Gasteiger partial charge in [-0.3, -0.25) is 9.59 Å². The fraction of sp³-hybridized carbons (Fsp3) is 0.333. The van der Waals surface area contributed by atoms with E-state index in [0.29, 0.717) is 4.90 Å². The Bertz CT molecular complexity index is 757. The minimum absolute atomic E-state index is 0.0306. The average Bonchev–Trinajstić information content (AvgIpc) is 3.12. The fourth-order valence-electron chi connectivity index (χ4n) is 3.96. The van der Waals surface area contributed by atoms with Crippen LogP contribution in [0.2, 0.25) is 0 Å². The van der Waals surface area contributed by atoms with Crippen molar-refractivity contribution in [2.75, 3.05) is 0 Å². The summed E-state index contributed by atoms with van der Waals surface area (Å²) in [5.41, 5.74) is 1.07. The molecule has 1 saturated carbocycles. The molecule has 0 saturated heterocycles. The van der Waals surface area contributed by atoms with Crippen LogP contribution in [0, 0.1) is 30.6 Å². The Kier molecular flexibility index (Phi) is 3.05. The lowest BCUT2D eigenvalue weighted by molar-refractivity contribution is -0.129. The Morgan fingerprint density at radius 3 is 2.32 bits per heavy atom. The van der Waals surface area contributed by atoms with E-state index in [2.05, 4.69) is 12.2 Å². The van der Waals surface area contributed by atoms with E-state index >= 15 is 0 Å².